The lowest BCUT2D eigenvalue weighted by atomic mass is 10.0. The summed E-state index contributed by atoms with van der Waals surface area (Å²) in [6.45, 7) is 0.196. The number of aromatic nitrogens is 2. The highest BCUT2D eigenvalue weighted by Crippen LogP contribution is 2.35. The fourth-order valence-corrected chi connectivity index (χ4v) is 1.72. The maximum atomic E-state index is 12.8. The molecule has 0 aromatic carbocycles. The number of amides is 3. The summed E-state index contributed by atoms with van der Waals surface area (Å²) in [5.74, 6) is -1.38. The summed E-state index contributed by atoms with van der Waals surface area (Å²) in [7, 11) is 0. The van der Waals surface area contributed by atoms with Crippen molar-refractivity contribution in [3.8, 4) is 0 Å². The number of nitrogens with one attached hydrogen (secondary N) is 1. The van der Waals surface area contributed by atoms with Gasteiger partial charge in [0, 0.05) is 0 Å². The zero-order valence-corrected chi connectivity index (χ0v) is 10.8. The molecule has 1 aliphatic rings. The van der Waals surface area contributed by atoms with Gasteiger partial charge in [0.25, 0.3) is 5.91 Å². The van der Waals surface area contributed by atoms with Crippen LogP contribution in [0.25, 0.3) is 0 Å². The van der Waals surface area contributed by atoms with Crippen LogP contribution in [0, 0.1) is 0 Å². The second kappa shape index (κ2) is 4.58. The molecule has 1 saturated heterocycles. The molecule has 2 heterocycles. The fourth-order valence-electron chi connectivity index (χ4n) is 1.62. The molecule has 1 N–H and O–H groups in total. The Hall–Kier alpha value is -1.90. The topological polar surface area (TPSA) is 75.2 Å². The third kappa shape index (κ3) is 2.28. The molecule has 1 unspecified atom stereocenters. The Labute approximate surface area is 115 Å². The number of alkyl halides is 3. The first-order chi connectivity index (χ1) is 9.15. The van der Waals surface area contributed by atoms with Crippen LogP contribution in [-0.2, 0) is 11.3 Å². The van der Waals surface area contributed by atoms with Crippen molar-refractivity contribution in [1.82, 2.24) is 20.4 Å². The van der Waals surface area contributed by atoms with E-state index >= 15 is 0 Å². The minimum atomic E-state index is -4.89. The summed E-state index contributed by atoms with van der Waals surface area (Å²) in [5, 5.41) is 8.79. The SMILES string of the molecule is CC1(C(F)(F)F)NC(=O)N(Cc2ccc(Cl)nn2)C1=O. The summed E-state index contributed by atoms with van der Waals surface area (Å²) < 4.78 is 38.5. The van der Waals surface area contributed by atoms with Crippen LogP contribution in [0.3, 0.4) is 0 Å². The Morgan fingerprint density at radius 2 is 2.00 bits per heavy atom. The van der Waals surface area contributed by atoms with Crippen molar-refractivity contribution in [2.24, 2.45) is 0 Å². The summed E-state index contributed by atoms with van der Waals surface area (Å²) >= 11 is 5.51. The summed E-state index contributed by atoms with van der Waals surface area (Å²) in [6, 6.07) is 1.58. The van der Waals surface area contributed by atoms with Gasteiger partial charge in [0.05, 0.1) is 12.2 Å². The molecule has 10 heteroatoms. The first kappa shape index (κ1) is 14.5. The third-order valence-corrected chi connectivity index (χ3v) is 3.05. The van der Waals surface area contributed by atoms with Crippen molar-refractivity contribution >= 4 is 23.5 Å². The number of halogens is 4. The lowest BCUT2D eigenvalue weighted by molar-refractivity contribution is -0.191. The Kier molecular flexibility index (Phi) is 3.32. The Balaban J connectivity index is 2.24. The van der Waals surface area contributed by atoms with Gasteiger partial charge in [-0.1, -0.05) is 11.6 Å². The number of urea groups is 1. The molecule has 108 valence electrons. The van der Waals surface area contributed by atoms with Crippen LogP contribution in [0.4, 0.5) is 18.0 Å². The first-order valence-electron chi connectivity index (χ1n) is 5.34. The highest BCUT2D eigenvalue weighted by molar-refractivity contribution is 6.29. The first-order valence-corrected chi connectivity index (χ1v) is 5.72. The maximum Gasteiger partial charge on any atom is 0.420 e. The number of nitrogens with zero attached hydrogens (tertiary/aromatic N) is 3. The maximum absolute atomic E-state index is 12.8. The van der Waals surface area contributed by atoms with Crippen molar-refractivity contribution < 1.29 is 22.8 Å². The number of hydrogen-bond acceptors (Lipinski definition) is 4. The van der Waals surface area contributed by atoms with Crippen LogP contribution in [0.2, 0.25) is 5.15 Å². The van der Waals surface area contributed by atoms with E-state index in [0.717, 1.165) is 0 Å². The van der Waals surface area contributed by atoms with Crippen molar-refractivity contribution in [2.75, 3.05) is 0 Å². The highest BCUT2D eigenvalue weighted by Gasteiger charge is 2.64. The van der Waals surface area contributed by atoms with Crippen molar-refractivity contribution in [1.29, 1.82) is 0 Å². The molecule has 0 saturated carbocycles. The second-order valence-corrected chi connectivity index (χ2v) is 4.68. The van der Waals surface area contributed by atoms with Gasteiger partial charge < -0.3 is 5.32 Å². The summed E-state index contributed by atoms with van der Waals surface area (Å²) in [5.41, 5.74) is -2.78. The molecule has 0 spiro atoms. The lowest BCUT2D eigenvalue weighted by Crippen LogP contribution is -2.56. The van der Waals surface area contributed by atoms with E-state index in [1.165, 1.54) is 12.1 Å². The van der Waals surface area contributed by atoms with Crippen molar-refractivity contribution in [3.63, 3.8) is 0 Å². The number of imide groups is 1. The summed E-state index contributed by atoms with van der Waals surface area (Å²) in [4.78, 5) is 23.8. The number of carbonyl (C=O) groups excluding carboxylic acids is 2. The predicted octanol–water partition coefficient (Wildman–Crippen LogP) is 1.50. The monoisotopic (exact) mass is 308 g/mol. The van der Waals surface area contributed by atoms with Crippen LogP contribution >= 0.6 is 11.6 Å². The molecular weight excluding hydrogens is 301 g/mol. The normalized spacial score (nSPS) is 23.1. The van der Waals surface area contributed by atoms with E-state index in [9.17, 15) is 22.8 Å². The van der Waals surface area contributed by atoms with Gasteiger partial charge in [-0.3, -0.25) is 9.69 Å². The van der Waals surface area contributed by atoms with E-state index in [-0.39, 0.29) is 10.8 Å². The second-order valence-electron chi connectivity index (χ2n) is 4.29. The van der Waals surface area contributed by atoms with E-state index < -0.39 is 30.2 Å². The molecule has 0 aliphatic carbocycles. The van der Waals surface area contributed by atoms with Crippen LogP contribution in [-0.4, -0.2) is 38.8 Å². The van der Waals surface area contributed by atoms with Gasteiger partial charge in [0.1, 0.15) is 0 Å². The smallest absolute Gasteiger partial charge is 0.316 e. The van der Waals surface area contributed by atoms with E-state index in [1.54, 1.807) is 5.32 Å². The minimum absolute atomic E-state index is 0.0890. The van der Waals surface area contributed by atoms with Crippen LogP contribution in [0.1, 0.15) is 12.6 Å². The molecule has 0 bridgehead atoms. The standard InChI is InChI=1S/C10H8ClF3N4O2/c1-9(10(12,13)14)7(19)18(8(20)15-9)4-5-2-3-6(11)17-16-5/h2-3H,4H2,1H3,(H,15,20). The largest absolute Gasteiger partial charge is 0.420 e. The van der Waals surface area contributed by atoms with Gasteiger partial charge in [0.15, 0.2) is 5.15 Å². The predicted molar refractivity (Wildman–Crippen MR) is 60.6 cm³/mol. The Morgan fingerprint density at radius 1 is 1.35 bits per heavy atom. The van der Waals surface area contributed by atoms with Gasteiger partial charge in [0.2, 0.25) is 5.54 Å². The van der Waals surface area contributed by atoms with Crippen LogP contribution in [0.5, 0.6) is 0 Å². The average molecular weight is 309 g/mol. The van der Waals surface area contributed by atoms with E-state index in [4.69, 9.17) is 11.6 Å². The molecule has 1 fully saturated rings. The van der Waals surface area contributed by atoms with Crippen molar-refractivity contribution in [2.45, 2.75) is 25.2 Å². The number of carbonyl (C=O) groups is 2. The Bertz CT molecular complexity index is 563. The molecule has 1 aliphatic heterocycles. The zero-order chi connectivity index (χ0) is 15.1. The van der Waals surface area contributed by atoms with Gasteiger partial charge >= 0.3 is 12.2 Å². The average Bonchev–Trinajstić information content (AvgIpc) is 2.56. The van der Waals surface area contributed by atoms with E-state index in [1.807, 2.05) is 0 Å². The molecule has 1 atom stereocenters. The van der Waals surface area contributed by atoms with E-state index in [0.29, 0.717) is 11.8 Å². The van der Waals surface area contributed by atoms with Gasteiger partial charge in [-0.2, -0.15) is 18.3 Å². The fraction of sp³-hybridized carbons (Fsp3) is 0.400. The van der Waals surface area contributed by atoms with Gasteiger partial charge in [-0.05, 0) is 19.1 Å². The number of rotatable bonds is 2. The molecule has 1 aromatic heterocycles. The molecule has 3 amide bonds. The molecular formula is C10H8ClF3N4O2. The van der Waals surface area contributed by atoms with Gasteiger partial charge in [-0.15, -0.1) is 5.10 Å². The van der Waals surface area contributed by atoms with Gasteiger partial charge in [-0.25, -0.2) is 4.79 Å². The zero-order valence-electron chi connectivity index (χ0n) is 10.0. The molecule has 1 aromatic rings. The quantitative estimate of drug-likeness (QED) is 0.840. The molecule has 20 heavy (non-hydrogen) atoms. The Morgan fingerprint density at radius 3 is 2.45 bits per heavy atom. The molecule has 6 nitrogen and oxygen atoms in total. The van der Waals surface area contributed by atoms with Crippen LogP contribution in [0.15, 0.2) is 12.1 Å². The van der Waals surface area contributed by atoms with E-state index in [2.05, 4.69) is 10.2 Å². The summed E-state index contributed by atoms with van der Waals surface area (Å²) in [6.07, 6.45) is -4.89. The highest BCUT2D eigenvalue weighted by atomic mass is 35.5. The third-order valence-electron chi connectivity index (χ3n) is 2.85. The van der Waals surface area contributed by atoms with Crippen LogP contribution < -0.4 is 5.32 Å². The molecule has 0 radical (unpaired) electrons. The lowest BCUT2D eigenvalue weighted by Gasteiger charge is -2.24. The number of hydrogen-bond donors (Lipinski definition) is 1. The van der Waals surface area contributed by atoms with Crippen molar-refractivity contribution in [3.05, 3.63) is 23.0 Å². The minimum Gasteiger partial charge on any atom is -0.316 e. The molecule has 2 rings (SSSR count).